The number of aryl methyl sites for hydroxylation is 1. The molecule has 10 nitrogen and oxygen atoms in total. The van der Waals surface area contributed by atoms with E-state index in [1.165, 1.54) is 5.69 Å². The highest BCUT2D eigenvalue weighted by atomic mass is 35.5. The molecule has 1 unspecified atom stereocenters. The predicted octanol–water partition coefficient (Wildman–Crippen LogP) is 5.69. The lowest BCUT2D eigenvalue weighted by atomic mass is 9.98. The number of halogens is 2. The molecule has 0 spiro atoms. The van der Waals surface area contributed by atoms with Gasteiger partial charge in [-0.2, -0.15) is 5.10 Å². The minimum atomic E-state index is -0.979. The number of likely N-dealkylation sites (N-methyl/N-ethyl adjacent to an activating group) is 1. The summed E-state index contributed by atoms with van der Waals surface area (Å²) in [5.41, 5.74) is 6.40. The maximum absolute atomic E-state index is 14.4. The van der Waals surface area contributed by atoms with Crippen LogP contribution in [-0.4, -0.2) is 78.9 Å². The predicted molar refractivity (Wildman–Crippen MR) is 173 cm³/mol. The van der Waals surface area contributed by atoms with E-state index in [0.717, 1.165) is 72.4 Å². The van der Waals surface area contributed by atoms with E-state index in [-0.39, 0.29) is 18.8 Å². The number of nitrogens with one attached hydrogen (secondary N) is 3. The molecule has 0 radical (unpaired) electrons. The van der Waals surface area contributed by atoms with Gasteiger partial charge in [0.2, 0.25) is 5.95 Å². The van der Waals surface area contributed by atoms with Gasteiger partial charge in [0.1, 0.15) is 12.0 Å². The number of fused-ring (bicyclic) bond motifs is 2. The quantitative estimate of drug-likeness (QED) is 0.161. The number of aromatic nitrogens is 6. The summed E-state index contributed by atoms with van der Waals surface area (Å²) in [6.07, 6.45) is 7.22. The average molecular weight is 615 g/mol. The summed E-state index contributed by atoms with van der Waals surface area (Å²) < 4.78 is 17.9. The Hall–Kier alpha value is -4.22. The Labute approximate surface area is 260 Å². The number of aromatic amines is 1. The Morgan fingerprint density at radius 1 is 1.18 bits per heavy atom. The molecule has 3 aromatic heterocycles. The van der Waals surface area contributed by atoms with Gasteiger partial charge in [-0.15, -0.1) is 0 Å². The van der Waals surface area contributed by atoms with Crippen LogP contribution in [0.4, 0.5) is 16.0 Å². The molecule has 0 bridgehead atoms. The van der Waals surface area contributed by atoms with Gasteiger partial charge < -0.3 is 24.7 Å². The van der Waals surface area contributed by atoms with Crippen molar-refractivity contribution in [3.05, 3.63) is 77.2 Å². The summed E-state index contributed by atoms with van der Waals surface area (Å²) in [6.45, 7) is 9.94. The fourth-order valence-corrected chi connectivity index (χ4v) is 6.80. The molecule has 0 amide bonds. The standard InChI is InChI=1S/C32H36ClFN10/c1-3-41-11-4-12-42(14-13-41)23-7-5-21(6-8-23)24-16-26(33)25-18-44(40-28(25)20(24)2)30(31(35)39-32-36-9-10-37-32)29-27-15-22(34)17-43(27)19-38-29/h5-10,16,18-19,22,30H,3-4,11-15,17H2,1-2H3,(H3,35,36,37,39)/t22-,30?/m1/s1. The third-order valence-electron chi connectivity index (χ3n) is 8.94. The van der Waals surface area contributed by atoms with Crippen LogP contribution in [0.5, 0.6) is 0 Å². The molecule has 12 heteroatoms. The number of rotatable bonds is 7. The highest BCUT2D eigenvalue weighted by Crippen LogP contribution is 2.37. The van der Waals surface area contributed by atoms with E-state index in [9.17, 15) is 4.39 Å². The maximum atomic E-state index is 14.4. The number of H-pyrrole nitrogens is 1. The molecule has 228 valence electrons. The Balaban J connectivity index is 1.24. The molecule has 7 rings (SSSR count). The zero-order valence-corrected chi connectivity index (χ0v) is 25.7. The van der Waals surface area contributed by atoms with Gasteiger partial charge in [-0.1, -0.05) is 30.7 Å². The molecule has 3 N–H and O–H groups in total. The van der Waals surface area contributed by atoms with Crippen LogP contribution in [0.3, 0.4) is 0 Å². The molecule has 0 aliphatic carbocycles. The van der Waals surface area contributed by atoms with E-state index in [0.29, 0.717) is 16.7 Å². The molecule has 2 aliphatic heterocycles. The van der Waals surface area contributed by atoms with E-state index in [1.54, 1.807) is 23.4 Å². The molecule has 2 aliphatic rings. The minimum absolute atomic E-state index is 0.108. The van der Waals surface area contributed by atoms with Crippen LogP contribution in [0.1, 0.15) is 36.3 Å². The molecule has 1 saturated heterocycles. The van der Waals surface area contributed by atoms with Crippen molar-refractivity contribution in [2.45, 2.75) is 45.4 Å². The Kier molecular flexibility index (Phi) is 7.59. The largest absolute Gasteiger partial charge is 0.370 e. The Morgan fingerprint density at radius 2 is 2.02 bits per heavy atom. The number of hydrogen-bond donors (Lipinski definition) is 3. The first-order chi connectivity index (χ1) is 21.4. The van der Waals surface area contributed by atoms with E-state index < -0.39 is 12.2 Å². The first-order valence-corrected chi connectivity index (χ1v) is 15.6. The van der Waals surface area contributed by atoms with Crippen molar-refractivity contribution in [3.63, 3.8) is 0 Å². The topological polar surface area (TPSA) is 107 Å². The molecule has 0 saturated carbocycles. The molecule has 2 aromatic carbocycles. The van der Waals surface area contributed by atoms with E-state index in [1.807, 2.05) is 16.8 Å². The lowest BCUT2D eigenvalue weighted by Gasteiger charge is -2.23. The monoisotopic (exact) mass is 614 g/mol. The summed E-state index contributed by atoms with van der Waals surface area (Å²) in [7, 11) is 0. The SMILES string of the molecule is CCN1CCCN(c2ccc(-c3cc(Cl)c4cn(C(C(=N)Nc5ncc[nH]5)c5ncn6c5C[C@@H](F)C6)nc4c3C)cc2)CC1. The number of benzene rings is 2. The lowest BCUT2D eigenvalue weighted by Crippen LogP contribution is -2.30. The summed E-state index contributed by atoms with van der Waals surface area (Å²) in [5.74, 6) is 0.537. The molecular formula is C32H36ClFN10. The Morgan fingerprint density at radius 3 is 2.80 bits per heavy atom. The van der Waals surface area contributed by atoms with Crippen LogP contribution in [-0.2, 0) is 13.0 Å². The van der Waals surface area contributed by atoms with E-state index in [4.69, 9.17) is 22.1 Å². The van der Waals surface area contributed by atoms with Crippen LogP contribution in [0.2, 0.25) is 5.02 Å². The average Bonchev–Trinajstić information content (AvgIpc) is 3.80. The number of anilines is 2. The summed E-state index contributed by atoms with van der Waals surface area (Å²) in [5, 5.41) is 18.4. The lowest BCUT2D eigenvalue weighted by molar-refractivity contribution is 0.310. The number of imidazole rings is 2. The molecule has 1 fully saturated rings. The van der Waals surface area contributed by atoms with Gasteiger partial charge >= 0.3 is 0 Å². The molecule has 5 aromatic rings. The summed E-state index contributed by atoms with van der Waals surface area (Å²) in [4.78, 5) is 16.8. The zero-order chi connectivity index (χ0) is 30.4. The van der Waals surface area contributed by atoms with Crippen LogP contribution < -0.4 is 10.2 Å². The Bertz CT molecular complexity index is 1790. The van der Waals surface area contributed by atoms with Crippen LogP contribution in [0.15, 0.2) is 55.2 Å². The number of amidine groups is 1. The van der Waals surface area contributed by atoms with Crippen LogP contribution in [0.25, 0.3) is 22.0 Å². The maximum Gasteiger partial charge on any atom is 0.205 e. The first-order valence-electron chi connectivity index (χ1n) is 15.2. The van der Waals surface area contributed by atoms with Crippen molar-refractivity contribution in [2.75, 3.05) is 42.9 Å². The fraction of sp³-hybridized carbons (Fsp3) is 0.375. The van der Waals surface area contributed by atoms with Crippen molar-refractivity contribution >= 4 is 40.0 Å². The summed E-state index contributed by atoms with van der Waals surface area (Å²) in [6, 6.07) is 9.98. The zero-order valence-electron chi connectivity index (χ0n) is 24.9. The number of hydrogen-bond acceptors (Lipinski definition) is 6. The highest BCUT2D eigenvalue weighted by Gasteiger charge is 2.33. The van der Waals surface area contributed by atoms with Crippen LogP contribution >= 0.6 is 11.6 Å². The van der Waals surface area contributed by atoms with Crippen molar-refractivity contribution in [1.82, 2.24) is 34.2 Å². The fourth-order valence-electron chi connectivity index (χ4n) is 6.56. The van der Waals surface area contributed by atoms with Crippen molar-refractivity contribution in [2.24, 2.45) is 0 Å². The normalized spacial score (nSPS) is 18.0. The number of alkyl halides is 1. The van der Waals surface area contributed by atoms with Gasteiger partial charge in [0.25, 0.3) is 0 Å². The van der Waals surface area contributed by atoms with Gasteiger partial charge in [0.05, 0.1) is 29.1 Å². The van der Waals surface area contributed by atoms with Crippen LogP contribution in [0, 0.1) is 12.3 Å². The van der Waals surface area contributed by atoms with Gasteiger partial charge in [-0.3, -0.25) is 10.1 Å². The number of nitrogens with zero attached hydrogens (tertiary/aromatic N) is 7. The van der Waals surface area contributed by atoms with Gasteiger partial charge in [-0.25, -0.2) is 14.4 Å². The highest BCUT2D eigenvalue weighted by molar-refractivity contribution is 6.36. The summed E-state index contributed by atoms with van der Waals surface area (Å²) >= 11 is 6.91. The second-order valence-electron chi connectivity index (χ2n) is 11.6. The van der Waals surface area contributed by atoms with Gasteiger partial charge in [0, 0.05) is 61.4 Å². The first kappa shape index (κ1) is 28.5. The third kappa shape index (κ3) is 5.24. The molecular weight excluding hydrogens is 579 g/mol. The van der Waals surface area contributed by atoms with Crippen molar-refractivity contribution < 1.29 is 4.39 Å². The second kappa shape index (κ2) is 11.7. The van der Waals surface area contributed by atoms with Gasteiger partial charge in [0.15, 0.2) is 6.04 Å². The van der Waals surface area contributed by atoms with Gasteiger partial charge in [-0.05, 0) is 61.3 Å². The molecule has 5 heterocycles. The van der Waals surface area contributed by atoms with Crippen molar-refractivity contribution in [3.8, 4) is 11.1 Å². The van der Waals surface area contributed by atoms with Crippen molar-refractivity contribution in [1.29, 1.82) is 5.41 Å². The van der Waals surface area contributed by atoms with E-state index in [2.05, 4.69) is 68.2 Å². The smallest absolute Gasteiger partial charge is 0.205 e. The minimum Gasteiger partial charge on any atom is -0.370 e. The molecule has 44 heavy (non-hydrogen) atoms. The molecule has 2 atom stereocenters. The van der Waals surface area contributed by atoms with E-state index >= 15 is 0 Å². The second-order valence-corrected chi connectivity index (χ2v) is 12.0. The third-order valence-corrected chi connectivity index (χ3v) is 9.25.